The van der Waals surface area contributed by atoms with Crippen LogP contribution in [0.1, 0.15) is 41.5 Å². The van der Waals surface area contributed by atoms with E-state index in [4.69, 9.17) is 24.7 Å². The molecule has 0 heterocycles. The summed E-state index contributed by atoms with van der Waals surface area (Å²) in [7, 11) is -2.61. The standard InChI is InChI=1S/C19H39N5O11Si/c1-18(2,3)34-17(32)24(22-21-20)16(31)15(30)14(29)13(28)11(25)9-23(33-10-12(26)27)35-36(7,8)19(4,5)6/h11,13-16,25,28-31H,9-10H2,1-8H3,(H,26,27)/t11?,13-,14?,15-,16?/m1/s1. The Kier molecular flexibility index (Phi) is 12.7. The number of hydroxylamine groups is 2. The van der Waals surface area contributed by atoms with E-state index in [0.717, 1.165) is 0 Å². The van der Waals surface area contributed by atoms with E-state index in [2.05, 4.69) is 10.1 Å². The number of rotatable bonds is 13. The number of ether oxygens (including phenoxy) is 1. The van der Waals surface area contributed by atoms with Gasteiger partial charge in [0.25, 0.3) is 0 Å². The number of nitrogens with zero attached hydrogens (tertiary/aromatic N) is 5. The van der Waals surface area contributed by atoms with Crippen LogP contribution in [-0.4, -0.2) is 111 Å². The molecule has 16 nitrogen and oxygen atoms in total. The highest BCUT2D eigenvalue weighted by Crippen LogP contribution is 2.37. The van der Waals surface area contributed by atoms with Gasteiger partial charge in [-0.3, -0.25) is 4.84 Å². The van der Waals surface area contributed by atoms with Crippen LogP contribution in [0.25, 0.3) is 10.4 Å². The van der Waals surface area contributed by atoms with Crippen molar-refractivity contribution in [2.75, 3.05) is 13.2 Å². The van der Waals surface area contributed by atoms with Crippen molar-refractivity contribution in [1.29, 1.82) is 0 Å². The lowest BCUT2D eigenvalue weighted by molar-refractivity contribution is -0.335. The minimum atomic E-state index is -2.61. The molecule has 0 saturated carbocycles. The van der Waals surface area contributed by atoms with Crippen molar-refractivity contribution in [3.05, 3.63) is 10.4 Å². The molecule has 3 unspecified atom stereocenters. The molecule has 0 aromatic carbocycles. The van der Waals surface area contributed by atoms with Crippen LogP contribution in [0.4, 0.5) is 4.79 Å². The number of hydrogen-bond donors (Lipinski definition) is 6. The van der Waals surface area contributed by atoms with E-state index in [1.165, 1.54) is 20.8 Å². The first kappa shape index (κ1) is 33.9. The number of carboxylic acids is 1. The lowest BCUT2D eigenvalue weighted by Crippen LogP contribution is -2.57. The number of carboxylic acid groups (broad SMARTS) is 1. The third-order valence-electron chi connectivity index (χ3n) is 5.17. The predicted molar refractivity (Wildman–Crippen MR) is 126 cm³/mol. The van der Waals surface area contributed by atoms with Gasteiger partial charge < -0.3 is 39.9 Å². The van der Waals surface area contributed by atoms with E-state index in [0.29, 0.717) is 5.23 Å². The summed E-state index contributed by atoms with van der Waals surface area (Å²) in [4.78, 5) is 30.5. The maximum Gasteiger partial charge on any atom is 0.513 e. The summed E-state index contributed by atoms with van der Waals surface area (Å²) in [5, 5.41) is 63.9. The van der Waals surface area contributed by atoms with E-state index < -0.39 is 69.8 Å². The third kappa shape index (κ3) is 10.9. The van der Waals surface area contributed by atoms with Gasteiger partial charge in [0.15, 0.2) is 6.61 Å². The Labute approximate surface area is 210 Å². The number of carbonyl (C=O) groups excluding carboxylic acids is 1. The maximum atomic E-state index is 12.2. The van der Waals surface area contributed by atoms with Gasteiger partial charge in [0.2, 0.25) is 14.5 Å². The van der Waals surface area contributed by atoms with Gasteiger partial charge in [-0.15, -0.1) is 10.5 Å². The van der Waals surface area contributed by atoms with Gasteiger partial charge in [0, 0.05) is 0 Å². The second-order valence-corrected chi connectivity index (χ2v) is 15.2. The Morgan fingerprint density at radius 3 is 1.94 bits per heavy atom. The molecule has 17 heteroatoms. The molecular formula is C19H39N5O11Si. The lowest BCUT2D eigenvalue weighted by atomic mass is 10.0. The van der Waals surface area contributed by atoms with Crippen LogP contribution in [0.3, 0.4) is 0 Å². The molecule has 0 aromatic rings. The Hall–Kier alpha value is -2.05. The molecule has 0 saturated heterocycles. The molecule has 210 valence electrons. The van der Waals surface area contributed by atoms with Crippen LogP contribution in [0.2, 0.25) is 18.1 Å². The number of aliphatic carboxylic acids is 1. The quantitative estimate of drug-likeness (QED) is 0.0465. The molecule has 36 heavy (non-hydrogen) atoms. The molecule has 0 rings (SSSR count). The van der Waals surface area contributed by atoms with Crippen LogP contribution < -0.4 is 0 Å². The van der Waals surface area contributed by atoms with Crippen LogP contribution in [0.5, 0.6) is 0 Å². The Bertz CT molecular complexity index is 783. The lowest BCUT2D eigenvalue weighted by Gasteiger charge is -2.40. The minimum absolute atomic E-state index is 0.0150. The van der Waals surface area contributed by atoms with Crippen LogP contribution in [0, 0.1) is 0 Å². The molecule has 0 fully saturated rings. The van der Waals surface area contributed by atoms with Gasteiger partial charge in [0.1, 0.15) is 23.9 Å². The Balaban J connectivity index is 5.59. The predicted octanol–water partition coefficient (Wildman–Crippen LogP) is 0.466. The summed E-state index contributed by atoms with van der Waals surface area (Å²) in [6.07, 6.45) is -12.4. The van der Waals surface area contributed by atoms with E-state index >= 15 is 0 Å². The minimum Gasteiger partial charge on any atom is -0.479 e. The van der Waals surface area contributed by atoms with Crippen molar-refractivity contribution in [3.63, 3.8) is 0 Å². The van der Waals surface area contributed by atoms with E-state index in [-0.39, 0.29) is 10.0 Å². The van der Waals surface area contributed by atoms with Crippen LogP contribution in [-0.2, 0) is 18.9 Å². The summed E-state index contributed by atoms with van der Waals surface area (Å²) in [5.74, 6) is -1.34. The third-order valence-corrected chi connectivity index (χ3v) is 9.44. The highest BCUT2D eigenvalue weighted by molar-refractivity contribution is 6.73. The monoisotopic (exact) mass is 541 g/mol. The van der Waals surface area contributed by atoms with Crippen LogP contribution >= 0.6 is 0 Å². The normalized spacial score (nSPS) is 16.9. The molecule has 1 amide bonds. The van der Waals surface area contributed by atoms with Crippen molar-refractivity contribution in [1.82, 2.24) is 10.2 Å². The largest absolute Gasteiger partial charge is 0.513 e. The number of aliphatic hydroxyl groups excluding tert-OH is 5. The first-order valence-electron chi connectivity index (χ1n) is 10.9. The highest BCUT2D eigenvalue weighted by Gasteiger charge is 2.44. The number of aliphatic hydroxyl groups is 5. The molecule has 0 spiro atoms. The number of hydrogen-bond acceptors (Lipinski definition) is 12. The second kappa shape index (κ2) is 13.5. The van der Waals surface area contributed by atoms with Crippen molar-refractivity contribution in [3.8, 4) is 0 Å². The van der Waals surface area contributed by atoms with Crippen molar-refractivity contribution < 1.29 is 54.3 Å². The SMILES string of the molecule is CC(C)(C)OC(=O)N(N=[N+]=[N-])C(O)[C@H](O)C(O)[C@H](O)C(O)CN(OCC(=O)O)O[Si](C)(C)C(C)(C)C. The average Bonchev–Trinajstić information content (AvgIpc) is 2.71. The number of amides is 1. The molecule has 0 aromatic heterocycles. The Morgan fingerprint density at radius 1 is 1.00 bits per heavy atom. The van der Waals surface area contributed by atoms with Gasteiger partial charge >= 0.3 is 12.1 Å². The van der Waals surface area contributed by atoms with Gasteiger partial charge in [-0.25, -0.2) is 4.79 Å². The molecule has 0 radical (unpaired) electrons. The highest BCUT2D eigenvalue weighted by atomic mass is 28.4. The molecule has 0 aliphatic rings. The first-order chi connectivity index (χ1) is 16.1. The van der Waals surface area contributed by atoms with E-state index in [1.807, 2.05) is 33.9 Å². The van der Waals surface area contributed by atoms with Gasteiger partial charge in [0.05, 0.1) is 12.6 Å². The fourth-order valence-corrected chi connectivity index (χ4v) is 3.11. The Morgan fingerprint density at radius 2 is 1.53 bits per heavy atom. The summed E-state index contributed by atoms with van der Waals surface area (Å²) in [6, 6.07) is 0. The number of carbonyl (C=O) groups is 2. The van der Waals surface area contributed by atoms with Crippen molar-refractivity contribution in [2.45, 2.75) is 95.9 Å². The van der Waals surface area contributed by atoms with Crippen LogP contribution in [0.15, 0.2) is 5.22 Å². The summed E-state index contributed by atoms with van der Waals surface area (Å²) >= 11 is 0. The molecule has 5 atom stereocenters. The van der Waals surface area contributed by atoms with E-state index in [1.54, 1.807) is 0 Å². The van der Waals surface area contributed by atoms with Gasteiger partial charge in [-0.2, -0.15) is 9.71 Å². The zero-order valence-electron chi connectivity index (χ0n) is 21.8. The van der Waals surface area contributed by atoms with Crippen molar-refractivity contribution in [2.24, 2.45) is 5.22 Å². The maximum absolute atomic E-state index is 12.2. The molecular weight excluding hydrogens is 502 g/mol. The topological polar surface area (TPSA) is 238 Å². The first-order valence-corrected chi connectivity index (χ1v) is 13.8. The smallest absolute Gasteiger partial charge is 0.479 e. The summed E-state index contributed by atoms with van der Waals surface area (Å²) < 4.78 is 10.8. The fraction of sp³-hybridized carbons (Fsp3) is 0.895. The second-order valence-electron chi connectivity index (χ2n) is 10.5. The molecule has 0 aliphatic carbocycles. The average molecular weight is 542 g/mol. The van der Waals surface area contributed by atoms with Gasteiger partial charge in [-0.1, -0.05) is 26.0 Å². The summed E-state index contributed by atoms with van der Waals surface area (Å²) in [6.45, 7) is 12.2. The fourth-order valence-electron chi connectivity index (χ4n) is 2.20. The van der Waals surface area contributed by atoms with Crippen molar-refractivity contribution >= 4 is 20.4 Å². The zero-order valence-corrected chi connectivity index (χ0v) is 22.8. The molecule has 0 bridgehead atoms. The van der Waals surface area contributed by atoms with Gasteiger partial charge in [-0.05, 0) is 44.1 Å². The summed E-state index contributed by atoms with van der Waals surface area (Å²) in [5.41, 5.74) is 7.62. The zero-order chi connectivity index (χ0) is 28.6. The number of azide groups is 1. The molecule has 0 aliphatic heterocycles. The molecule has 6 N–H and O–H groups in total. The van der Waals surface area contributed by atoms with E-state index in [9.17, 15) is 35.1 Å².